The predicted molar refractivity (Wildman–Crippen MR) is 266 cm³/mol. The minimum absolute atomic E-state index is 0.0647. The van der Waals surface area contributed by atoms with Gasteiger partial charge in [-0.2, -0.15) is 0 Å². The van der Waals surface area contributed by atoms with Crippen LogP contribution < -0.4 is 0 Å². The molecule has 0 aromatic carbocycles. The molecule has 0 radical (unpaired) electrons. The van der Waals surface area contributed by atoms with Crippen LogP contribution in [0.2, 0.25) is 0 Å². The SMILES string of the molecule is CCC(C)CCCCCCCCCCCCCCCCC(=O)O[C@H](COC(=O)CCCCCCCCCCCCCCCCC(C)C)COC(=O)CCCCCCCCC(C)C. The Bertz CT molecular complexity index is 962. The lowest BCUT2D eigenvalue weighted by molar-refractivity contribution is -0.167. The second-order valence-electron chi connectivity index (χ2n) is 20.4. The van der Waals surface area contributed by atoms with E-state index >= 15 is 0 Å². The maximum Gasteiger partial charge on any atom is 0.306 e. The molecule has 0 aromatic heterocycles. The van der Waals surface area contributed by atoms with Crippen LogP contribution in [0.3, 0.4) is 0 Å². The van der Waals surface area contributed by atoms with Crippen LogP contribution in [0.5, 0.6) is 0 Å². The molecule has 0 aliphatic carbocycles. The summed E-state index contributed by atoms with van der Waals surface area (Å²) in [7, 11) is 0. The van der Waals surface area contributed by atoms with Crippen molar-refractivity contribution in [3.63, 3.8) is 0 Å². The lowest BCUT2D eigenvalue weighted by Gasteiger charge is -2.18. The van der Waals surface area contributed by atoms with Gasteiger partial charge in [-0.1, -0.05) is 266 Å². The standard InChI is InChI=1S/C56H108O6/c1-7-52(6)44-38-32-25-21-17-13-9-11-15-19-23-27-35-41-47-56(59)62-53(49-61-55(58)46-40-34-29-28-31-37-43-51(4)5)48-60-54(57)45-39-33-26-22-18-14-10-8-12-16-20-24-30-36-42-50(2)3/h50-53H,7-49H2,1-6H3/t52?,53-/m1/s1. The Kier molecular flexibility index (Phi) is 46.2. The van der Waals surface area contributed by atoms with E-state index in [0.717, 1.165) is 75.5 Å². The first kappa shape index (κ1) is 60.4. The molecule has 0 saturated heterocycles. The molecule has 0 N–H and O–H groups in total. The van der Waals surface area contributed by atoms with Gasteiger partial charge >= 0.3 is 17.9 Å². The molecule has 0 rings (SSSR count). The predicted octanol–water partition coefficient (Wildman–Crippen LogP) is 17.9. The first-order chi connectivity index (χ1) is 30.1. The van der Waals surface area contributed by atoms with Crippen molar-refractivity contribution < 1.29 is 28.6 Å². The average Bonchev–Trinajstić information content (AvgIpc) is 3.24. The summed E-state index contributed by atoms with van der Waals surface area (Å²) < 4.78 is 16.8. The Labute approximate surface area is 387 Å². The second-order valence-corrected chi connectivity index (χ2v) is 20.4. The van der Waals surface area contributed by atoms with Crippen LogP contribution in [-0.4, -0.2) is 37.2 Å². The van der Waals surface area contributed by atoms with Crippen molar-refractivity contribution in [3.05, 3.63) is 0 Å². The van der Waals surface area contributed by atoms with Crippen molar-refractivity contribution in [1.29, 1.82) is 0 Å². The molecule has 0 fully saturated rings. The van der Waals surface area contributed by atoms with Gasteiger partial charge in [-0.25, -0.2) is 0 Å². The summed E-state index contributed by atoms with van der Waals surface area (Å²) >= 11 is 0. The van der Waals surface area contributed by atoms with E-state index in [-0.39, 0.29) is 31.1 Å². The van der Waals surface area contributed by atoms with Gasteiger partial charge in [-0.05, 0) is 37.0 Å². The third-order valence-corrected chi connectivity index (χ3v) is 13.0. The van der Waals surface area contributed by atoms with Gasteiger partial charge in [0.05, 0.1) is 0 Å². The summed E-state index contributed by atoms with van der Waals surface area (Å²) in [6.45, 7) is 13.7. The Morgan fingerprint density at radius 3 is 0.839 bits per heavy atom. The number of carbonyl (C=O) groups is 3. The number of hydrogen-bond acceptors (Lipinski definition) is 6. The van der Waals surface area contributed by atoms with E-state index < -0.39 is 6.10 Å². The van der Waals surface area contributed by atoms with Crippen molar-refractivity contribution in [2.45, 2.75) is 311 Å². The zero-order valence-electron chi connectivity index (χ0n) is 42.7. The normalized spacial score (nSPS) is 12.6. The van der Waals surface area contributed by atoms with Crippen LogP contribution in [0, 0.1) is 17.8 Å². The van der Waals surface area contributed by atoms with E-state index in [1.807, 2.05) is 0 Å². The van der Waals surface area contributed by atoms with Gasteiger partial charge < -0.3 is 14.2 Å². The molecular formula is C56H108O6. The fourth-order valence-electron chi connectivity index (χ4n) is 8.44. The summed E-state index contributed by atoms with van der Waals surface area (Å²) in [6, 6.07) is 0. The maximum absolute atomic E-state index is 12.8. The van der Waals surface area contributed by atoms with E-state index in [2.05, 4.69) is 41.5 Å². The van der Waals surface area contributed by atoms with Crippen molar-refractivity contribution in [3.8, 4) is 0 Å². The molecule has 6 heteroatoms. The average molecular weight is 877 g/mol. The van der Waals surface area contributed by atoms with Gasteiger partial charge in [0, 0.05) is 19.3 Å². The van der Waals surface area contributed by atoms with Gasteiger partial charge in [-0.15, -0.1) is 0 Å². The van der Waals surface area contributed by atoms with Crippen molar-refractivity contribution >= 4 is 17.9 Å². The van der Waals surface area contributed by atoms with Crippen LogP contribution in [0.4, 0.5) is 0 Å². The fraction of sp³-hybridized carbons (Fsp3) is 0.946. The van der Waals surface area contributed by atoms with Crippen LogP contribution in [0.1, 0.15) is 305 Å². The Balaban J connectivity index is 4.24. The molecule has 0 heterocycles. The highest BCUT2D eigenvalue weighted by Crippen LogP contribution is 2.18. The first-order valence-corrected chi connectivity index (χ1v) is 27.6. The summed E-state index contributed by atoms with van der Waals surface area (Å²) in [5.41, 5.74) is 0. The van der Waals surface area contributed by atoms with Crippen molar-refractivity contribution in [2.75, 3.05) is 13.2 Å². The molecule has 0 saturated carbocycles. The molecule has 0 aliphatic heterocycles. The molecule has 0 aromatic rings. The summed E-state index contributed by atoms with van der Waals surface area (Å²) in [5.74, 6) is 1.65. The lowest BCUT2D eigenvalue weighted by Crippen LogP contribution is -2.30. The molecular weight excluding hydrogens is 769 g/mol. The Morgan fingerprint density at radius 1 is 0.323 bits per heavy atom. The number of carbonyl (C=O) groups excluding carboxylic acids is 3. The largest absolute Gasteiger partial charge is 0.462 e. The second kappa shape index (κ2) is 47.4. The minimum Gasteiger partial charge on any atom is -0.462 e. The monoisotopic (exact) mass is 877 g/mol. The molecule has 0 spiro atoms. The minimum atomic E-state index is -0.763. The lowest BCUT2D eigenvalue weighted by atomic mass is 9.99. The zero-order chi connectivity index (χ0) is 45.6. The highest BCUT2D eigenvalue weighted by molar-refractivity contribution is 5.71. The smallest absolute Gasteiger partial charge is 0.306 e. The molecule has 0 bridgehead atoms. The van der Waals surface area contributed by atoms with Crippen LogP contribution in [-0.2, 0) is 28.6 Å². The van der Waals surface area contributed by atoms with E-state index in [4.69, 9.17) is 14.2 Å². The first-order valence-electron chi connectivity index (χ1n) is 27.6. The molecule has 0 amide bonds. The number of esters is 3. The summed E-state index contributed by atoms with van der Waals surface area (Å²) in [4.78, 5) is 38.0. The van der Waals surface area contributed by atoms with E-state index in [9.17, 15) is 14.4 Å². The third-order valence-electron chi connectivity index (χ3n) is 13.0. The molecule has 6 nitrogen and oxygen atoms in total. The van der Waals surface area contributed by atoms with E-state index in [1.165, 1.54) is 186 Å². The Hall–Kier alpha value is -1.59. The van der Waals surface area contributed by atoms with Gasteiger partial charge in [-0.3, -0.25) is 14.4 Å². The number of rotatable bonds is 49. The fourth-order valence-corrected chi connectivity index (χ4v) is 8.44. The van der Waals surface area contributed by atoms with E-state index in [1.54, 1.807) is 0 Å². The third kappa shape index (κ3) is 47.9. The zero-order valence-corrected chi connectivity index (χ0v) is 42.7. The number of hydrogen-bond donors (Lipinski definition) is 0. The van der Waals surface area contributed by atoms with Crippen LogP contribution in [0.15, 0.2) is 0 Å². The van der Waals surface area contributed by atoms with Crippen LogP contribution in [0.25, 0.3) is 0 Å². The van der Waals surface area contributed by atoms with Crippen molar-refractivity contribution in [1.82, 2.24) is 0 Å². The van der Waals surface area contributed by atoms with Gasteiger partial charge in [0.1, 0.15) is 13.2 Å². The maximum atomic E-state index is 12.8. The molecule has 2 atom stereocenters. The van der Waals surface area contributed by atoms with Crippen molar-refractivity contribution in [2.24, 2.45) is 17.8 Å². The molecule has 368 valence electrons. The summed E-state index contributed by atoms with van der Waals surface area (Å²) in [6.07, 6.45) is 48.2. The highest BCUT2D eigenvalue weighted by Gasteiger charge is 2.19. The van der Waals surface area contributed by atoms with Gasteiger partial charge in [0.25, 0.3) is 0 Å². The topological polar surface area (TPSA) is 78.9 Å². The van der Waals surface area contributed by atoms with Crippen LogP contribution >= 0.6 is 0 Å². The molecule has 62 heavy (non-hydrogen) atoms. The number of ether oxygens (including phenoxy) is 3. The summed E-state index contributed by atoms with van der Waals surface area (Å²) in [5, 5.41) is 0. The van der Waals surface area contributed by atoms with E-state index in [0.29, 0.717) is 19.3 Å². The molecule has 1 unspecified atom stereocenters. The molecule has 0 aliphatic rings. The van der Waals surface area contributed by atoms with Gasteiger partial charge in [0.2, 0.25) is 0 Å². The number of unbranched alkanes of at least 4 members (excludes halogenated alkanes) is 31. The van der Waals surface area contributed by atoms with Gasteiger partial charge in [0.15, 0.2) is 6.10 Å². The highest BCUT2D eigenvalue weighted by atomic mass is 16.6. The quantitative estimate of drug-likeness (QED) is 0.0344. The Morgan fingerprint density at radius 2 is 0.565 bits per heavy atom.